The third-order valence-electron chi connectivity index (χ3n) is 3.43. The molecule has 0 atom stereocenters. The first kappa shape index (κ1) is 14.6. The summed E-state index contributed by atoms with van der Waals surface area (Å²) in [5.74, 6) is -0.505. The molecule has 6 heteroatoms. The van der Waals surface area contributed by atoms with Gasteiger partial charge in [0.05, 0.1) is 12.8 Å². The predicted molar refractivity (Wildman–Crippen MR) is 69.5 cm³/mol. The Bertz CT molecular complexity index is 448. The molecule has 0 bridgehead atoms. The van der Waals surface area contributed by atoms with Crippen molar-refractivity contribution in [2.45, 2.75) is 44.2 Å². The number of carbonyl (C=O) groups excluding carboxylic acids is 2. The summed E-state index contributed by atoms with van der Waals surface area (Å²) in [7, 11) is 0. The molecule has 110 valence electrons. The van der Waals surface area contributed by atoms with Crippen LogP contribution in [-0.4, -0.2) is 29.2 Å². The Labute approximate surface area is 117 Å². The summed E-state index contributed by atoms with van der Waals surface area (Å²) in [6.07, 6.45) is 4.94. The highest BCUT2D eigenvalue weighted by atomic mass is 16.6. The van der Waals surface area contributed by atoms with Crippen LogP contribution in [0.25, 0.3) is 0 Å². The largest absolute Gasteiger partial charge is 0.467 e. The van der Waals surface area contributed by atoms with Gasteiger partial charge in [-0.3, -0.25) is 4.79 Å². The molecule has 1 heterocycles. The highest BCUT2D eigenvalue weighted by Gasteiger charge is 2.38. The molecular formula is C14H19NO5. The lowest BCUT2D eigenvalue weighted by Gasteiger charge is -2.29. The van der Waals surface area contributed by atoms with Crippen molar-refractivity contribution in [1.82, 2.24) is 5.32 Å². The van der Waals surface area contributed by atoms with Gasteiger partial charge in [0.1, 0.15) is 5.76 Å². The lowest BCUT2D eigenvalue weighted by atomic mass is 9.85. The molecule has 1 aromatic rings. The molecular weight excluding hydrogens is 262 g/mol. The minimum absolute atomic E-state index is 0.244. The van der Waals surface area contributed by atoms with Crippen LogP contribution in [0.2, 0.25) is 0 Å². The number of hydrogen-bond donors (Lipinski definition) is 2. The normalized spacial score (nSPS) is 17.4. The van der Waals surface area contributed by atoms with Crippen LogP contribution in [0.3, 0.4) is 0 Å². The molecule has 20 heavy (non-hydrogen) atoms. The van der Waals surface area contributed by atoms with Crippen LogP contribution in [0.15, 0.2) is 22.8 Å². The lowest BCUT2D eigenvalue weighted by molar-refractivity contribution is -0.170. The van der Waals surface area contributed by atoms with Gasteiger partial charge in [-0.15, -0.1) is 0 Å². The lowest BCUT2D eigenvalue weighted by Crippen LogP contribution is -2.43. The van der Waals surface area contributed by atoms with Gasteiger partial charge in [-0.1, -0.05) is 6.42 Å². The maximum Gasteiger partial charge on any atom is 0.338 e. The van der Waals surface area contributed by atoms with Crippen LogP contribution in [0.5, 0.6) is 0 Å². The van der Waals surface area contributed by atoms with E-state index in [1.807, 2.05) is 0 Å². The molecule has 1 fully saturated rings. The van der Waals surface area contributed by atoms with Crippen molar-refractivity contribution < 1.29 is 23.8 Å². The summed E-state index contributed by atoms with van der Waals surface area (Å²) in [6.45, 7) is -0.143. The van der Waals surface area contributed by atoms with E-state index in [0.29, 0.717) is 18.6 Å². The number of nitrogens with one attached hydrogen (secondary N) is 1. The van der Waals surface area contributed by atoms with Crippen LogP contribution < -0.4 is 5.32 Å². The molecule has 0 aliphatic heterocycles. The summed E-state index contributed by atoms with van der Waals surface area (Å²) < 4.78 is 9.94. The highest BCUT2D eigenvalue weighted by molar-refractivity contribution is 5.84. The number of ether oxygens (including phenoxy) is 1. The first-order chi connectivity index (χ1) is 9.60. The Hall–Kier alpha value is -1.82. The Kier molecular flexibility index (Phi) is 4.79. The van der Waals surface area contributed by atoms with Crippen molar-refractivity contribution >= 4 is 11.9 Å². The van der Waals surface area contributed by atoms with Crippen molar-refractivity contribution in [3.05, 3.63) is 24.2 Å². The van der Waals surface area contributed by atoms with E-state index in [4.69, 9.17) is 9.15 Å². The van der Waals surface area contributed by atoms with Gasteiger partial charge in [0, 0.05) is 0 Å². The van der Waals surface area contributed by atoms with Gasteiger partial charge < -0.3 is 19.6 Å². The zero-order valence-corrected chi connectivity index (χ0v) is 11.3. The van der Waals surface area contributed by atoms with Crippen LogP contribution in [-0.2, 0) is 20.9 Å². The maximum atomic E-state index is 11.8. The molecule has 1 saturated carbocycles. The minimum atomic E-state index is -1.42. The van der Waals surface area contributed by atoms with Crippen LogP contribution in [0.1, 0.15) is 37.9 Å². The summed E-state index contributed by atoms with van der Waals surface area (Å²) in [5, 5.41) is 12.7. The van der Waals surface area contributed by atoms with E-state index in [9.17, 15) is 14.7 Å². The third-order valence-corrected chi connectivity index (χ3v) is 3.43. The van der Waals surface area contributed by atoms with Gasteiger partial charge in [0.2, 0.25) is 0 Å². The fourth-order valence-electron chi connectivity index (χ4n) is 2.26. The maximum absolute atomic E-state index is 11.8. The second-order valence-corrected chi connectivity index (χ2v) is 5.02. The topological polar surface area (TPSA) is 88.8 Å². The van der Waals surface area contributed by atoms with E-state index < -0.39 is 17.5 Å². The molecule has 1 aromatic heterocycles. The predicted octanol–water partition coefficient (Wildman–Crippen LogP) is 1.13. The van der Waals surface area contributed by atoms with E-state index in [0.717, 1.165) is 19.3 Å². The second-order valence-electron chi connectivity index (χ2n) is 5.02. The van der Waals surface area contributed by atoms with Crippen molar-refractivity contribution in [1.29, 1.82) is 0 Å². The summed E-state index contributed by atoms with van der Waals surface area (Å²) in [4.78, 5) is 23.3. The average Bonchev–Trinajstić information content (AvgIpc) is 2.96. The standard InChI is InChI=1S/C14H19NO5/c16-12(15-9-11-5-4-8-19-11)10-20-13(17)14(18)6-2-1-3-7-14/h4-5,8,18H,1-3,6-7,9-10H2,(H,15,16). The summed E-state index contributed by atoms with van der Waals surface area (Å²) >= 11 is 0. The highest BCUT2D eigenvalue weighted by Crippen LogP contribution is 2.28. The Balaban J connectivity index is 1.71. The number of carbonyl (C=O) groups is 2. The van der Waals surface area contributed by atoms with Gasteiger partial charge in [-0.2, -0.15) is 0 Å². The number of hydrogen-bond acceptors (Lipinski definition) is 5. The first-order valence-electron chi connectivity index (χ1n) is 6.79. The minimum Gasteiger partial charge on any atom is -0.467 e. The van der Waals surface area contributed by atoms with E-state index in [-0.39, 0.29) is 13.2 Å². The first-order valence-corrected chi connectivity index (χ1v) is 6.79. The van der Waals surface area contributed by atoms with Crippen molar-refractivity contribution in [3.8, 4) is 0 Å². The van der Waals surface area contributed by atoms with Crippen molar-refractivity contribution in [3.63, 3.8) is 0 Å². The number of furan rings is 1. The quantitative estimate of drug-likeness (QED) is 0.790. The monoisotopic (exact) mass is 281 g/mol. The van der Waals surface area contributed by atoms with E-state index in [1.165, 1.54) is 6.26 Å². The summed E-state index contributed by atoms with van der Waals surface area (Å²) in [5.41, 5.74) is -1.42. The second kappa shape index (κ2) is 6.56. The number of aliphatic hydroxyl groups is 1. The number of rotatable bonds is 5. The molecule has 0 unspecified atom stereocenters. The van der Waals surface area contributed by atoms with Gasteiger partial charge >= 0.3 is 5.97 Å². The smallest absolute Gasteiger partial charge is 0.338 e. The van der Waals surface area contributed by atoms with Gasteiger partial charge in [0.15, 0.2) is 12.2 Å². The molecule has 1 amide bonds. The molecule has 1 aliphatic rings. The molecule has 2 N–H and O–H groups in total. The third kappa shape index (κ3) is 3.84. The van der Waals surface area contributed by atoms with Crippen LogP contribution in [0, 0.1) is 0 Å². The molecule has 2 rings (SSSR count). The molecule has 0 radical (unpaired) electrons. The number of amides is 1. The zero-order valence-electron chi connectivity index (χ0n) is 11.3. The molecule has 6 nitrogen and oxygen atoms in total. The van der Waals surface area contributed by atoms with Gasteiger partial charge in [-0.25, -0.2) is 4.79 Å². The van der Waals surface area contributed by atoms with Crippen molar-refractivity contribution in [2.24, 2.45) is 0 Å². The van der Waals surface area contributed by atoms with Crippen LogP contribution >= 0.6 is 0 Å². The SMILES string of the molecule is O=C(COC(=O)C1(O)CCCCC1)NCc1ccco1. The van der Waals surface area contributed by atoms with Crippen LogP contribution in [0.4, 0.5) is 0 Å². The molecule has 1 aliphatic carbocycles. The van der Waals surface area contributed by atoms with Gasteiger partial charge in [-0.05, 0) is 37.8 Å². The molecule has 0 spiro atoms. The molecule has 0 saturated heterocycles. The molecule has 0 aromatic carbocycles. The average molecular weight is 281 g/mol. The zero-order chi connectivity index (χ0) is 14.4. The van der Waals surface area contributed by atoms with E-state index >= 15 is 0 Å². The van der Waals surface area contributed by atoms with Crippen molar-refractivity contribution in [2.75, 3.05) is 6.61 Å². The Morgan fingerprint density at radius 1 is 1.35 bits per heavy atom. The number of esters is 1. The Morgan fingerprint density at radius 2 is 2.10 bits per heavy atom. The van der Waals surface area contributed by atoms with Gasteiger partial charge in [0.25, 0.3) is 5.91 Å². The van der Waals surface area contributed by atoms with E-state index in [1.54, 1.807) is 12.1 Å². The Morgan fingerprint density at radius 3 is 2.75 bits per heavy atom. The van der Waals surface area contributed by atoms with E-state index in [2.05, 4.69) is 5.32 Å². The fraction of sp³-hybridized carbons (Fsp3) is 0.571. The summed E-state index contributed by atoms with van der Waals surface area (Å²) in [6, 6.07) is 3.46. The fourth-order valence-corrected chi connectivity index (χ4v) is 2.26.